The molecule has 0 spiro atoms. The number of nitrogens with zero attached hydrogens (tertiary/aromatic N) is 4. The Hall–Kier alpha value is -1.09. The van der Waals surface area contributed by atoms with E-state index in [1.807, 2.05) is 30.7 Å². The van der Waals surface area contributed by atoms with Crippen LogP contribution in [0, 0.1) is 0 Å². The van der Waals surface area contributed by atoms with Gasteiger partial charge in [0.1, 0.15) is 10.7 Å². The molecule has 2 N–H and O–H groups in total. The first-order valence-corrected chi connectivity index (χ1v) is 8.89. The fourth-order valence-corrected chi connectivity index (χ4v) is 4.38. The molecule has 0 aliphatic heterocycles. The fourth-order valence-electron chi connectivity index (χ4n) is 1.87. The van der Waals surface area contributed by atoms with Crippen LogP contribution in [-0.2, 0) is 6.42 Å². The maximum absolute atomic E-state index is 5.72. The Morgan fingerprint density at radius 2 is 2.15 bits per heavy atom. The molecule has 20 heavy (non-hydrogen) atoms. The largest absolute Gasteiger partial charge is 0.330 e. The van der Waals surface area contributed by atoms with Crippen LogP contribution in [0.5, 0.6) is 0 Å². The average molecular weight is 323 g/mol. The molecular formula is C12H13N5S3. The Bertz CT molecular complexity index is 721. The highest BCUT2D eigenvalue weighted by atomic mass is 32.2. The topological polar surface area (TPSA) is 69.1 Å². The summed E-state index contributed by atoms with van der Waals surface area (Å²) in [6.45, 7) is 0.600. The van der Waals surface area contributed by atoms with Crippen molar-refractivity contribution < 1.29 is 0 Å². The molecule has 0 radical (unpaired) electrons. The van der Waals surface area contributed by atoms with Crippen LogP contribution >= 0.6 is 34.9 Å². The van der Waals surface area contributed by atoms with Crippen LogP contribution in [0.3, 0.4) is 0 Å². The number of fused-ring (bicyclic) bond motifs is 1. The molecule has 3 aromatic rings. The van der Waals surface area contributed by atoms with E-state index in [4.69, 9.17) is 5.73 Å². The van der Waals surface area contributed by atoms with Crippen molar-refractivity contribution >= 4 is 40.5 Å². The maximum Gasteiger partial charge on any atom is 0.181 e. The summed E-state index contributed by atoms with van der Waals surface area (Å²) >= 11 is 4.75. The van der Waals surface area contributed by atoms with Gasteiger partial charge in [-0.3, -0.25) is 0 Å². The van der Waals surface area contributed by atoms with Crippen molar-refractivity contribution in [2.45, 2.75) is 20.1 Å². The van der Waals surface area contributed by atoms with Gasteiger partial charge in [-0.2, -0.15) is 0 Å². The zero-order valence-electron chi connectivity index (χ0n) is 10.8. The molecule has 0 fully saturated rings. The van der Waals surface area contributed by atoms with E-state index >= 15 is 0 Å². The van der Waals surface area contributed by atoms with Crippen LogP contribution in [0.25, 0.3) is 5.65 Å². The SMILES string of the molecule is CSc1nnc(Sc2nc3ccccn3c2CCN)s1. The third-order valence-electron chi connectivity index (χ3n) is 2.72. The zero-order chi connectivity index (χ0) is 13.9. The highest BCUT2D eigenvalue weighted by molar-refractivity contribution is 8.03. The van der Waals surface area contributed by atoms with Crippen LogP contribution in [0.1, 0.15) is 5.69 Å². The van der Waals surface area contributed by atoms with Crippen LogP contribution in [-0.4, -0.2) is 32.4 Å². The number of pyridine rings is 1. The number of rotatable bonds is 5. The Morgan fingerprint density at radius 3 is 2.90 bits per heavy atom. The van der Waals surface area contributed by atoms with Crippen molar-refractivity contribution in [3.8, 4) is 0 Å². The number of nitrogens with two attached hydrogens (primary N) is 1. The molecule has 3 rings (SSSR count). The molecule has 0 saturated heterocycles. The minimum Gasteiger partial charge on any atom is -0.330 e. The summed E-state index contributed by atoms with van der Waals surface area (Å²) in [6.07, 6.45) is 4.81. The molecule has 104 valence electrons. The first kappa shape index (κ1) is 13.9. The number of hydrogen-bond donors (Lipinski definition) is 1. The van der Waals surface area contributed by atoms with Gasteiger partial charge in [-0.1, -0.05) is 29.2 Å². The molecule has 0 amide bonds. The highest BCUT2D eigenvalue weighted by Crippen LogP contribution is 2.34. The Balaban J connectivity index is 1.99. The lowest BCUT2D eigenvalue weighted by atomic mass is 10.3. The molecule has 0 atom stereocenters. The van der Waals surface area contributed by atoms with E-state index in [0.717, 1.165) is 31.5 Å². The summed E-state index contributed by atoms with van der Waals surface area (Å²) in [5.41, 5.74) is 7.79. The third-order valence-corrected chi connectivity index (χ3v) is 5.69. The van der Waals surface area contributed by atoms with Crippen LogP contribution in [0.15, 0.2) is 38.1 Å². The van der Waals surface area contributed by atoms with Crippen LogP contribution in [0.2, 0.25) is 0 Å². The molecule has 0 unspecified atom stereocenters. The van der Waals surface area contributed by atoms with Gasteiger partial charge in [-0.15, -0.1) is 10.2 Å². The summed E-state index contributed by atoms with van der Waals surface area (Å²) in [7, 11) is 0. The van der Waals surface area contributed by atoms with E-state index in [1.165, 1.54) is 0 Å². The second kappa shape index (κ2) is 6.13. The molecule has 0 bridgehead atoms. The standard InChI is InChI=1S/C12H13N5S3/c1-18-11-15-16-12(20-11)19-10-8(5-6-13)17-7-3-2-4-9(17)14-10/h2-4,7H,5-6,13H2,1H3. The summed E-state index contributed by atoms with van der Waals surface area (Å²) in [5.74, 6) is 0. The summed E-state index contributed by atoms with van der Waals surface area (Å²) in [4.78, 5) is 4.66. The fraction of sp³-hybridized carbons (Fsp3) is 0.250. The van der Waals surface area contributed by atoms with Gasteiger partial charge in [0.05, 0.1) is 5.69 Å². The summed E-state index contributed by atoms with van der Waals surface area (Å²) < 4.78 is 3.97. The quantitative estimate of drug-likeness (QED) is 0.728. The number of aromatic nitrogens is 4. The van der Waals surface area contributed by atoms with Crippen molar-refractivity contribution in [2.75, 3.05) is 12.8 Å². The first-order valence-electron chi connectivity index (χ1n) is 6.03. The predicted molar refractivity (Wildman–Crippen MR) is 83.8 cm³/mol. The smallest absolute Gasteiger partial charge is 0.181 e. The normalized spacial score (nSPS) is 11.3. The van der Waals surface area contributed by atoms with E-state index in [-0.39, 0.29) is 0 Å². The van der Waals surface area contributed by atoms with Crippen molar-refractivity contribution in [1.82, 2.24) is 19.6 Å². The van der Waals surface area contributed by atoms with E-state index < -0.39 is 0 Å². The number of imidazole rings is 1. The lowest BCUT2D eigenvalue weighted by molar-refractivity contribution is 0.875. The third kappa shape index (κ3) is 2.69. The molecule has 8 heteroatoms. The Morgan fingerprint density at radius 1 is 1.30 bits per heavy atom. The second-order valence-electron chi connectivity index (χ2n) is 3.97. The monoisotopic (exact) mass is 323 g/mol. The minimum absolute atomic E-state index is 0.600. The van der Waals surface area contributed by atoms with E-state index in [2.05, 4.69) is 19.6 Å². The van der Waals surface area contributed by atoms with Crippen LogP contribution < -0.4 is 5.73 Å². The highest BCUT2D eigenvalue weighted by Gasteiger charge is 2.15. The van der Waals surface area contributed by atoms with Crippen LogP contribution in [0.4, 0.5) is 0 Å². The summed E-state index contributed by atoms with van der Waals surface area (Å²) in [5, 5.41) is 9.26. The van der Waals surface area contributed by atoms with Crippen molar-refractivity contribution in [3.05, 3.63) is 30.1 Å². The Labute approximate surface area is 129 Å². The summed E-state index contributed by atoms with van der Waals surface area (Å²) in [6, 6.07) is 5.98. The van der Waals surface area contributed by atoms with Gasteiger partial charge >= 0.3 is 0 Å². The molecule has 3 aromatic heterocycles. The molecule has 0 saturated carbocycles. The van der Waals surface area contributed by atoms with Gasteiger partial charge in [0.2, 0.25) is 0 Å². The molecule has 0 aliphatic carbocycles. The minimum atomic E-state index is 0.600. The number of hydrogen-bond acceptors (Lipinski definition) is 7. The Kier molecular flexibility index (Phi) is 4.25. The van der Waals surface area contributed by atoms with Gasteiger partial charge < -0.3 is 10.1 Å². The molecule has 0 aliphatic rings. The molecule has 0 aromatic carbocycles. The zero-order valence-corrected chi connectivity index (χ0v) is 13.3. The first-order chi connectivity index (χ1) is 9.81. The van der Waals surface area contributed by atoms with Gasteiger partial charge in [-0.05, 0) is 36.7 Å². The molecular weight excluding hydrogens is 310 g/mol. The maximum atomic E-state index is 5.72. The van der Waals surface area contributed by atoms with Gasteiger partial charge in [0, 0.05) is 12.6 Å². The van der Waals surface area contributed by atoms with E-state index in [1.54, 1.807) is 34.9 Å². The van der Waals surface area contributed by atoms with Crippen molar-refractivity contribution in [1.29, 1.82) is 0 Å². The van der Waals surface area contributed by atoms with Gasteiger partial charge in [-0.25, -0.2) is 4.98 Å². The van der Waals surface area contributed by atoms with Crippen molar-refractivity contribution in [2.24, 2.45) is 5.73 Å². The lowest BCUT2D eigenvalue weighted by Gasteiger charge is -2.01. The molecule has 3 heterocycles. The lowest BCUT2D eigenvalue weighted by Crippen LogP contribution is -2.05. The molecule has 5 nitrogen and oxygen atoms in total. The van der Waals surface area contributed by atoms with Gasteiger partial charge in [0.25, 0.3) is 0 Å². The van der Waals surface area contributed by atoms with Gasteiger partial charge in [0.15, 0.2) is 8.68 Å². The second-order valence-corrected chi connectivity index (χ2v) is 7.24. The van der Waals surface area contributed by atoms with Crippen molar-refractivity contribution in [3.63, 3.8) is 0 Å². The predicted octanol–water partition coefficient (Wildman–Crippen LogP) is 2.56. The van der Waals surface area contributed by atoms with E-state index in [9.17, 15) is 0 Å². The number of thioether (sulfide) groups is 1. The average Bonchev–Trinajstić information content (AvgIpc) is 3.05. The van der Waals surface area contributed by atoms with E-state index in [0.29, 0.717) is 6.54 Å².